The van der Waals surface area contributed by atoms with Gasteiger partial charge in [-0.2, -0.15) is 0 Å². The van der Waals surface area contributed by atoms with Crippen LogP contribution in [0.1, 0.15) is 23.6 Å². The maximum absolute atomic E-state index is 12.6. The Morgan fingerprint density at radius 1 is 1.11 bits per heavy atom. The predicted octanol–water partition coefficient (Wildman–Crippen LogP) is 2.45. The monoisotopic (exact) mass is 365 g/mol. The molecule has 142 valence electrons. The van der Waals surface area contributed by atoms with E-state index in [1.807, 2.05) is 62.6 Å². The van der Waals surface area contributed by atoms with Crippen molar-refractivity contribution >= 4 is 11.8 Å². The van der Waals surface area contributed by atoms with Gasteiger partial charge in [0.15, 0.2) is 0 Å². The highest BCUT2D eigenvalue weighted by Gasteiger charge is 2.34. The molecular formula is C22H27N3O2. The van der Waals surface area contributed by atoms with Gasteiger partial charge in [0.25, 0.3) is 0 Å². The quantitative estimate of drug-likeness (QED) is 0.820. The number of nitrogens with one attached hydrogen (secondary N) is 1. The van der Waals surface area contributed by atoms with Gasteiger partial charge in [-0.25, -0.2) is 0 Å². The number of hydrogen-bond donors (Lipinski definition) is 1. The van der Waals surface area contributed by atoms with Gasteiger partial charge in [-0.1, -0.05) is 60.7 Å². The predicted molar refractivity (Wildman–Crippen MR) is 106 cm³/mol. The van der Waals surface area contributed by atoms with Crippen molar-refractivity contribution in [2.75, 3.05) is 27.2 Å². The summed E-state index contributed by atoms with van der Waals surface area (Å²) < 4.78 is 0. The molecule has 1 N–H and O–H groups in total. The molecule has 1 saturated heterocycles. The molecule has 2 aromatic rings. The van der Waals surface area contributed by atoms with Crippen LogP contribution in [0.5, 0.6) is 0 Å². The summed E-state index contributed by atoms with van der Waals surface area (Å²) in [6.45, 7) is 1.57. The number of likely N-dealkylation sites (tertiary alicyclic amines) is 1. The van der Waals surface area contributed by atoms with Gasteiger partial charge >= 0.3 is 0 Å². The van der Waals surface area contributed by atoms with Gasteiger partial charge in [-0.15, -0.1) is 0 Å². The lowest BCUT2D eigenvalue weighted by Crippen LogP contribution is -2.38. The summed E-state index contributed by atoms with van der Waals surface area (Å²) in [4.78, 5) is 28.8. The minimum atomic E-state index is -0.278. The van der Waals surface area contributed by atoms with Gasteiger partial charge in [-0.05, 0) is 25.2 Å². The van der Waals surface area contributed by atoms with E-state index < -0.39 is 0 Å². The van der Waals surface area contributed by atoms with Crippen LogP contribution in [0.15, 0.2) is 60.7 Å². The molecule has 3 rings (SSSR count). The Bertz CT molecular complexity index is 762. The average molecular weight is 365 g/mol. The number of rotatable bonds is 7. The largest absolute Gasteiger partial charge is 0.354 e. The van der Waals surface area contributed by atoms with E-state index in [2.05, 4.69) is 22.3 Å². The topological polar surface area (TPSA) is 52.7 Å². The van der Waals surface area contributed by atoms with Crippen LogP contribution in [-0.4, -0.2) is 48.8 Å². The van der Waals surface area contributed by atoms with Crippen LogP contribution < -0.4 is 5.32 Å². The van der Waals surface area contributed by atoms with Crippen LogP contribution in [0.2, 0.25) is 0 Å². The summed E-state index contributed by atoms with van der Waals surface area (Å²) in [7, 11) is 4.01. The fourth-order valence-electron chi connectivity index (χ4n) is 3.52. The molecule has 2 atom stereocenters. The lowest BCUT2D eigenvalue weighted by Gasteiger charge is -2.25. The highest BCUT2D eigenvalue weighted by Crippen LogP contribution is 2.21. The number of amides is 2. The van der Waals surface area contributed by atoms with Gasteiger partial charge in [-0.3, -0.25) is 9.59 Å². The maximum Gasteiger partial charge on any atom is 0.225 e. The molecule has 2 aromatic carbocycles. The molecule has 1 aliphatic rings. The number of carbonyl (C=O) groups is 2. The first-order chi connectivity index (χ1) is 13.0. The number of hydrogen-bond acceptors (Lipinski definition) is 3. The lowest BCUT2D eigenvalue weighted by atomic mass is 10.0. The summed E-state index contributed by atoms with van der Waals surface area (Å²) in [6, 6.07) is 20.1. The minimum absolute atomic E-state index is 0.0401. The van der Waals surface area contributed by atoms with Crippen molar-refractivity contribution in [1.29, 1.82) is 0 Å². The van der Waals surface area contributed by atoms with Crippen molar-refractivity contribution in [3.63, 3.8) is 0 Å². The van der Waals surface area contributed by atoms with E-state index in [9.17, 15) is 9.59 Å². The maximum atomic E-state index is 12.6. The average Bonchev–Trinajstić information content (AvgIpc) is 3.04. The molecular weight excluding hydrogens is 338 g/mol. The molecule has 5 heteroatoms. The summed E-state index contributed by atoms with van der Waals surface area (Å²) in [5, 5.41) is 3.05. The Hall–Kier alpha value is -2.66. The molecule has 0 bridgehead atoms. The molecule has 0 radical (unpaired) electrons. The lowest BCUT2D eigenvalue weighted by molar-refractivity contribution is -0.129. The van der Waals surface area contributed by atoms with Crippen molar-refractivity contribution in [2.24, 2.45) is 5.92 Å². The highest BCUT2D eigenvalue weighted by molar-refractivity contribution is 5.89. The van der Waals surface area contributed by atoms with Crippen molar-refractivity contribution in [1.82, 2.24) is 15.1 Å². The van der Waals surface area contributed by atoms with Gasteiger partial charge in [0.2, 0.25) is 11.8 Å². The Kier molecular flexibility index (Phi) is 6.24. The zero-order valence-electron chi connectivity index (χ0n) is 16.0. The third kappa shape index (κ3) is 4.95. The van der Waals surface area contributed by atoms with E-state index in [1.54, 1.807) is 4.90 Å². The second-order valence-electron chi connectivity index (χ2n) is 7.30. The summed E-state index contributed by atoms with van der Waals surface area (Å²) in [5.74, 6) is -0.271. The van der Waals surface area contributed by atoms with Crippen LogP contribution in [0, 0.1) is 5.92 Å². The van der Waals surface area contributed by atoms with Crippen molar-refractivity contribution in [2.45, 2.75) is 19.0 Å². The van der Waals surface area contributed by atoms with Crippen LogP contribution in [-0.2, 0) is 16.1 Å². The van der Waals surface area contributed by atoms with E-state index in [-0.39, 0.29) is 30.2 Å². The molecule has 0 unspecified atom stereocenters. The van der Waals surface area contributed by atoms with E-state index >= 15 is 0 Å². The van der Waals surface area contributed by atoms with Gasteiger partial charge in [0.05, 0.1) is 12.0 Å². The number of benzene rings is 2. The van der Waals surface area contributed by atoms with Crippen LogP contribution in [0.4, 0.5) is 0 Å². The Morgan fingerprint density at radius 3 is 2.37 bits per heavy atom. The Labute approximate surface area is 161 Å². The van der Waals surface area contributed by atoms with Crippen molar-refractivity contribution < 1.29 is 9.59 Å². The molecule has 1 aliphatic heterocycles. The molecule has 5 nitrogen and oxygen atoms in total. The first kappa shape index (κ1) is 19.1. The van der Waals surface area contributed by atoms with E-state index in [4.69, 9.17) is 0 Å². The number of nitrogens with zero attached hydrogens (tertiary/aromatic N) is 2. The summed E-state index contributed by atoms with van der Waals surface area (Å²) in [6.07, 6.45) is 0.288. The third-order valence-corrected chi connectivity index (χ3v) is 5.08. The van der Waals surface area contributed by atoms with E-state index in [1.165, 1.54) is 0 Å². The SMILES string of the molecule is CN(C)[C@@H](CNC(=O)[C@@H]1CC(=O)N(Cc2ccccc2)C1)c1ccccc1. The number of carbonyl (C=O) groups excluding carboxylic acids is 2. The summed E-state index contributed by atoms with van der Waals surface area (Å²) >= 11 is 0. The molecule has 0 aromatic heterocycles. The van der Waals surface area contributed by atoms with E-state index in [0.717, 1.165) is 11.1 Å². The fourth-order valence-corrected chi connectivity index (χ4v) is 3.52. The minimum Gasteiger partial charge on any atom is -0.354 e. The highest BCUT2D eigenvalue weighted by atomic mass is 16.2. The molecule has 1 fully saturated rings. The molecule has 0 aliphatic carbocycles. The molecule has 1 heterocycles. The smallest absolute Gasteiger partial charge is 0.225 e. The second kappa shape index (κ2) is 8.82. The Morgan fingerprint density at radius 2 is 1.74 bits per heavy atom. The van der Waals surface area contributed by atoms with Gasteiger partial charge < -0.3 is 15.1 Å². The van der Waals surface area contributed by atoms with Crippen molar-refractivity contribution in [3.8, 4) is 0 Å². The fraction of sp³-hybridized carbons (Fsp3) is 0.364. The van der Waals surface area contributed by atoms with Crippen LogP contribution in [0.25, 0.3) is 0 Å². The number of likely N-dealkylation sites (N-methyl/N-ethyl adjacent to an activating group) is 1. The standard InChI is InChI=1S/C22H27N3O2/c1-24(2)20(18-11-7-4-8-12-18)14-23-22(27)19-13-21(26)25(16-19)15-17-9-5-3-6-10-17/h3-12,19-20H,13-16H2,1-2H3,(H,23,27)/t19-,20+/m1/s1. The van der Waals surface area contributed by atoms with Crippen LogP contribution >= 0.6 is 0 Å². The zero-order valence-corrected chi connectivity index (χ0v) is 16.0. The second-order valence-corrected chi connectivity index (χ2v) is 7.30. The van der Waals surface area contributed by atoms with Crippen LogP contribution in [0.3, 0.4) is 0 Å². The normalized spacial score (nSPS) is 18.0. The van der Waals surface area contributed by atoms with Gasteiger partial charge in [0.1, 0.15) is 0 Å². The molecule has 2 amide bonds. The zero-order chi connectivity index (χ0) is 19.2. The molecule has 0 spiro atoms. The molecule has 27 heavy (non-hydrogen) atoms. The van der Waals surface area contributed by atoms with E-state index in [0.29, 0.717) is 19.6 Å². The Balaban J connectivity index is 1.56. The van der Waals surface area contributed by atoms with Gasteiger partial charge in [0, 0.05) is 26.1 Å². The first-order valence-corrected chi connectivity index (χ1v) is 9.35. The summed E-state index contributed by atoms with van der Waals surface area (Å²) in [5.41, 5.74) is 2.25. The first-order valence-electron chi connectivity index (χ1n) is 9.35. The third-order valence-electron chi connectivity index (χ3n) is 5.08. The van der Waals surface area contributed by atoms with Crippen molar-refractivity contribution in [3.05, 3.63) is 71.8 Å². The molecule has 0 saturated carbocycles.